The van der Waals surface area contributed by atoms with Crippen LogP contribution in [0.2, 0.25) is 0 Å². The fourth-order valence-corrected chi connectivity index (χ4v) is 3.28. The molecule has 1 aliphatic rings. The Morgan fingerprint density at radius 1 is 1.11 bits per heavy atom. The van der Waals surface area contributed by atoms with E-state index in [1.54, 1.807) is 24.3 Å². The number of carbonyl (C=O) groups excluding carboxylic acids is 2. The van der Waals surface area contributed by atoms with Crippen molar-refractivity contribution in [3.05, 3.63) is 65.2 Å². The van der Waals surface area contributed by atoms with Crippen LogP contribution in [0.1, 0.15) is 28.3 Å². The first-order valence-electron chi connectivity index (χ1n) is 8.57. The van der Waals surface area contributed by atoms with E-state index in [0.717, 1.165) is 6.07 Å². The second-order valence-electron chi connectivity index (χ2n) is 6.42. The van der Waals surface area contributed by atoms with Gasteiger partial charge in [-0.3, -0.25) is 4.79 Å². The van der Waals surface area contributed by atoms with Gasteiger partial charge in [-0.25, -0.2) is 13.6 Å². The topological polar surface area (TPSA) is 96.2 Å². The Balaban J connectivity index is 1.76. The normalized spacial score (nSPS) is 19.3. The standard InChI is InChI=1S/C19H20F2N4O2/c20-15-5-4-11(9-16(15)21)14-6-7-23-10-17(14)25-18(26)12-2-1-3-13(8-12)24-19(22)27/h1-5,8-9,14,17,23H,6-7,10H2,(H,25,26)(H3,22,24,27). The van der Waals surface area contributed by atoms with Gasteiger partial charge in [-0.15, -0.1) is 0 Å². The molecule has 3 rings (SSSR count). The Labute approximate surface area is 155 Å². The van der Waals surface area contributed by atoms with Crippen LogP contribution in [0, 0.1) is 11.6 Å². The average molecular weight is 374 g/mol. The smallest absolute Gasteiger partial charge is 0.316 e. The summed E-state index contributed by atoms with van der Waals surface area (Å²) in [5, 5.41) is 8.55. The van der Waals surface area contributed by atoms with E-state index in [-0.39, 0.29) is 17.9 Å². The quantitative estimate of drug-likeness (QED) is 0.661. The number of nitrogens with two attached hydrogens (primary N) is 1. The van der Waals surface area contributed by atoms with Crippen LogP contribution in [-0.4, -0.2) is 31.1 Å². The maximum absolute atomic E-state index is 13.6. The Bertz CT molecular complexity index is 859. The predicted octanol–water partition coefficient (Wildman–Crippen LogP) is 2.33. The fraction of sp³-hybridized carbons (Fsp3) is 0.263. The Morgan fingerprint density at radius 3 is 2.67 bits per heavy atom. The highest BCUT2D eigenvalue weighted by Gasteiger charge is 2.28. The molecule has 8 heteroatoms. The van der Waals surface area contributed by atoms with Gasteiger partial charge in [0, 0.05) is 29.8 Å². The monoisotopic (exact) mass is 374 g/mol. The van der Waals surface area contributed by atoms with Crippen molar-refractivity contribution in [3.8, 4) is 0 Å². The maximum atomic E-state index is 13.6. The van der Waals surface area contributed by atoms with Crippen molar-refractivity contribution in [3.63, 3.8) is 0 Å². The van der Waals surface area contributed by atoms with Crippen molar-refractivity contribution in [2.24, 2.45) is 5.73 Å². The molecule has 0 spiro atoms. The third kappa shape index (κ3) is 4.59. The molecule has 0 saturated carbocycles. The number of piperidine rings is 1. The summed E-state index contributed by atoms with van der Waals surface area (Å²) in [6, 6.07) is 9.20. The number of anilines is 1. The molecule has 2 aromatic rings. The summed E-state index contributed by atoms with van der Waals surface area (Å²) in [7, 11) is 0. The molecule has 1 saturated heterocycles. The maximum Gasteiger partial charge on any atom is 0.316 e. The van der Waals surface area contributed by atoms with E-state index < -0.39 is 17.7 Å². The molecule has 2 atom stereocenters. The zero-order valence-corrected chi connectivity index (χ0v) is 14.5. The van der Waals surface area contributed by atoms with E-state index in [9.17, 15) is 18.4 Å². The van der Waals surface area contributed by atoms with Crippen LogP contribution in [0.5, 0.6) is 0 Å². The number of amides is 3. The van der Waals surface area contributed by atoms with Crippen LogP contribution in [0.15, 0.2) is 42.5 Å². The molecule has 1 heterocycles. The van der Waals surface area contributed by atoms with Crippen molar-refractivity contribution in [1.29, 1.82) is 0 Å². The number of urea groups is 1. The van der Waals surface area contributed by atoms with Crippen LogP contribution in [0.3, 0.4) is 0 Å². The number of carbonyl (C=O) groups is 2. The van der Waals surface area contributed by atoms with E-state index in [0.29, 0.717) is 36.3 Å². The Hall–Kier alpha value is -3.00. The molecular weight excluding hydrogens is 354 g/mol. The second-order valence-corrected chi connectivity index (χ2v) is 6.42. The minimum atomic E-state index is -0.902. The van der Waals surface area contributed by atoms with Gasteiger partial charge in [0.2, 0.25) is 0 Å². The van der Waals surface area contributed by atoms with Gasteiger partial charge >= 0.3 is 6.03 Å². The Kier molecular flexibility index (Phi) is 5.66. The third-order valence-corrected chi connectivity index (χ3v) is 4.56. The van der Waals surface area contributed by atoms with E-state index in [4.69, 9.17) is 5.73 Å². The van der Waals surface area contributed by atoms with Crippen LogP contribution in [0.4, 0.5) is 19.3 Å². The summed E-state index contributed by atoms with van der Waals surface area (Å²) >= 11 is 0. The first-order valence-corrected chi connectivity index (χ1v) is 8.57. The summed E-state index contributed by atoms with van der Waals surface area (Å²) in [5.41, 5.74) is 6.50. The van der Waals surface area contributed by atoms with Crippen LogP contribution < -0.4 is 21.7 Å². The lowest BCUT2D eigenvalue weighted by atomic mass is 9.85. The molecule has 0 bridgehead atoms. The number of nitrogens with one attached hydrogen (secondary N) is 3. The van der Waals surface area contributed by atoms with E-state index in [1.807, 2.05) is 0 Å². The molecule has 0 radical (unpaired) electrons. The van der Waals surface area contributed by atoms with Crippen molar-refractivity contribution in [2.75, 3.05) is 18.4 Å². The van der Waals surface area contributed by atoms with Gasteiger partial charge in [0.05, 0.1) is 0 Å². The molecule has 0 aromatic heterocycles. The van der Waals surface area contributed by atoms with Gasteiger partial charge in [0.25, 0.3) is 5.91 Å². The molecule has 2 aromatic carbocycles. The zero-order chi connectivity index (χ0) is 19.4. The number of benzene rings is 2. The number of hydrogen-bond acceptors (Lipinski definition) is 3. The van der Waals surface area contributed by atoms with Crippen molar-refractivity contribution in [2.45, 2.75) is 18.4 Å². The summed E-state index contributed by atoms with van der Waals surface area (Å²) < 4.78 is 26.8. The van der Waals surface area contributed by atoms with Gasteiger partial charge in [-0.1, -0.05) is 12.1 Å². The highest BCUT2D eigenvalue weighted by Crippen LogP contribution is 2.27. The van der Waals surface area contributed by atoms with Crippen molar-refractivity contribution < 1.29 is 18.4 Å². The van der Waals surface area contributed by atoms with Gasteiger partial charge in [-0.2, -0.15) is 0 Å². The molecule has 27 heavy (non-hydrogen) atoms. The average Bonchev–Trinajstić information content (AvgIpc) is 2.64. The number of halogens is 2. The predicted molar refractivity (Wildman–Crippen MR) is 97.5 cm³/mol. The number of hydrogen-bond donors (Lipinski definition) is 4. The lowest BCUT2D eigenvalue weighted by molar-refractivity contribution is 0.0924. The van der Waals surface area contributed by atoms with E-state index in [1.165, 1.54) is 12.1 Å². The molecule has 0 aliphatic carbocycles. The molecular formula is C19H20F2N4O2. The van der Waals surface area contributed by atoms with Gasteiger partial charge in [0.15, 0.2) is 11.6 Å². The van der Waals surface area contributed by atoms with Gasteiger partial charge in [-0.05, 0) is 48.9 Å². The van der Waals surface area contributed by atoms with Crippen LogP contribution in [-0.2, 0) is 0 Å². The molecule has 5 N–H and O–H groups in total. The van der Waals surface area contributed by atoms with Crippen LogP contribution >= 0.6 is 0 Å². The SMILES string of the molecule is NC(=O)Nc1cccc(C(=O)NC2CNCCC2c2ccc(F)c(F)c2)c1. The largest absolute Gasteiger partial charge is 0.351 e. The number of rotatable bonds is 4. The van der Waals surface area contributed by atoms with Crippen molar-refractivity contribution in [1.82, 2.24) is 10.6 Å². The first kappa shape index (κ1) is 18.8. The molecule has 6 nitrogen and oxygen atoms in total. The highest BCUT2D eigenvalue weighted by molar-refractivity contribution is 5.96. The second kappa shape index (κ2) is 8.13. The third-order valence-electron chi connectivity index (χ3n) is 4.56. The summed E-state index contributed by atoms with van der Waals surface area (Å²) in [5.74, 6) is -2.27. The van der Waals surface area contributed by atoms with Crippen molar-refractivity contribution >= 4 is 17.6 Å². The van der Waals surface area contributed by atoms with Crippen LogP contribution in [0.25, 0.3) is 0 Å². The fourth-order valence-electron chi connectivity index (χ4n) is 3.28. The van der Waals surface area contributed by atoms with E-state index >= 15 is 0 Å². The summed E-state index contributed by atoms with van der Waals surface area (Å²) in [6.07, 6.45) is 0.680. The lowest BCUT2D eigenvalue weighted by Gasteiger charge is -2.33. The summed E-state index contributed by atoms with van der Waals surface area (Å²) in [6.45, 7) is 1.22. The molecule has 2 unspecified atom stereocenters. The number of primary amides is 1. The molecule has 1 fully saturated rings. The first-order chi connectivity index (χ1) is 12.9. The molecule has 142 valence electrons. The highest BCUT2D eigenvalue weighted by atomic mass is 19.2. The lowest BCUT2D eigenvalue weighted by Crippen LogP contribution is -2.50. The zero-order valence-electron chi connectivity index (χ0n) is 14.5. The Morgan fingerprint density at radius 2 is 1.93 bits per heavy atom. The van der Waals surface area contributed by atoms with Gasteiger partial charge in [0.1, 0.15) is 0 Å². The minimum Gasteiger partial charge on any atom is -0.351 e. The summed E-state index contributed by atoms with van der Waals surface area (Å²) in [4.78, 5) is 23.6. The van der Waals surface area contributed by atoms with E-state index in [2.05, 4.69) is 16.0 Å². The molecule has 1 aliphatic heterocycles. The van der Waals surface area contributed by atoms with Gasteiger partial charge < -0.3 is 21.7 Å². The minimum absolute atomic E-state index is 0.141. The molecule has 3 amide bonds.